The zero-order chi connectivity index (χ0) is 20.3. The molecule has 2 aromatic carbocycles. The topological polar surface area (TPSA) is 38.8 Å². The van der Waals surface area contributed by atoms with E-state index < -0.39 is 6.61 Å². The molecule has 3 rings (SSSR count). The second-order valence-electron chi connectivity index (χ2n) is 5.51. The summed E-state index contributed by atoms with van der Waals surface area (Å²) in [5.41, 5.74) is 1.22. The highest BCUT2D eigenvalue weighted by atomic mass is 35.5. The molecule has 28 heavy (non-hydrogen) atoms. The number of alkyl halides is 2. The van der Waals surface area contributed by atoms with E-state index in [2.05, 4.69) is 4.74 Å². The summed E-state index contributed by atoms with van der Waals surface area (Å²) in [6.45, 7) is -0.946. The van der Waals surface area contributed by atoms with Crippen LogP contribution in [0.1, 0.15) is 12.5 Å². The Balaban J connectivity index is 1.89. The van der Waals surface area contributed by atoms with E-state index in [1.54, 1.807) is 43.3 Å². The summed E-state index contributed by atoms with van der Waals surface area (Å²) in [6, 6.07) is 11.2. The number of halogens is 3. The van der Waals surface area contributed by atoms with E-state index >= 15 is 0 Å². The van der Waals surface area contributed by atoms with Crippen LogP contribution < -0.4 is 14.4 Å². The van der Waals surface area contributed by atoms with E-state index in [0.29, 0.717) is 25.5 Å². The number of carbonyl (C=O) groups is 1. The first kappa shape index (κ1) is 20.6. The smallest absolute Gasteiger partial charge is 0.387 e. The minimum Gasteiger partial charge on any atom is -0.490 e. The van der Waals surface area contributed by atoms with Gasteiger partial charge in [-0.2, -0.15) is 8.78 Å². The molecule has 0 N–H and O–H groups in total. The number of anilines is 1. The first-order valence-electron chi connectivity index (χ1n) is 8.14. The van der Waals surface area contributed by atoms with E-state index in [0.717, 1.165) is 11.8 Å². The molecular weight excluding hydrogens is 428 g/mol. The number of benzene rings is 2. The predicted octanol–water partition coefficient (Wildman–Crippen LogP) is 5.75. The van der Waals surface area contributed by atoms with Crippen LogP contribution in [0, 0.1) is 0 Å². The molecule has 0 radical (unpaired) electrons. The number of nitrogens with zero attached hydrogens (tertiary/aromatic N) is 1. The second-order valence-corrected chi connectivity index (χ2v) is 7.62. The zero-order valence-corrected chi connectivity index (χ0v) is 16.9. The molecule has 0 aromatic heterocycles. The van der Waals surface area contributed by atoms with Gasteiger partial charge in [-0.15, -0.1) is 0 Å². The highest BCUT2D eigenvalue weighted by Gasteiger charge is 2.33. The van der Waals surface area contributed by atoms with Crippen molar-refractivity contribution in [2.75, 3.05) is 11.5 Å². The lowest BCUT2D eigenvalue weighted by Crippen LogP contribution is -2.27. The normalized spacial score (nSPS) is 15.6. The van der Waals surface area contributed by atoms with Gasteiger partial charge in [-0.3, -0.25) is 9.69 Å². The van der Waals surface area contributed by atoms with E-state index in [1.165, 1.54) is 17.0 Å². The summed E-state index contributed by atoms with van der Waals surface area (Å²) in [4.78, 5) is 14.6. The first-order valence-corrected chi connectivity index (χ1v) is 9.74. The molecule has 0 aliphatic carbocycles. The van der Waals surface area contributed by atoms with Gasteiger partial charge in [-0.05, 0) is 55.0 Å². The highest BCUT2D eigenvalue weighted by Crippen LogP contribution is 2.37. The van der Waals surface area contributed by atoms with Gasteiger partial charge in [0.25, 0.3) is 5.91 Å². The summed E-state index contributed by atoms with van der Waals surface area (Å²) < 4.78 is 35.3. The van der Waals surface area contributed by atoms with Crippen LogP contribution >= 0.6 is 35.6 Å². The fourth-order valence-electron chi connectivity index (χ4n) is 2.51. The van der Waals surface area contributed by atoms with Crippen LogP contribution in [-0.2, 0) is 4.79 Å². The van der Waals surface area contributed by atoms with Gasteiger partial charge in [0.1, 0.15) is 0 Å². The van der Waals surface area contributed by atoms with Crippen LogP contribution in [-0.4, -0.2) is 23.4 Å². The van der Waals surface area contributed by atoms with Crippen LogP contribution in [0.5, 0.6) is 11.5 Å². The van der Waals surface area contributed by atoms with Crippen molar-refractivity contribution < 1.29 is 23.0 Å². The first-order chi connectivity index (χ1) is 13.4. The van der Waals surface area contributed by atoms with Crippen molar-refractivity contribution >= 4 is 57.6 Å². The van der Waals surface area contributed by atoms with E-state index in [4.69, 9.17) is 28.6 Å². The zero-order valence-electron chi connectivity index (χ0n) is 14.5. The quantitative estimate of drug-likeness (QED) is 0.422. The van der Waals surface area contributed by atoms with Crippen LogP contribution in [0.25, 0.3) is 6.08 Å². The molecule has 0 bridgehead atoms. The van der Waals surface area contributed by atoms with Gasteiger partial charge in [0, 0.05) is 5.02 Å². The molecule has 1 aliphatic rings. The SMILES string of the molecule is CCOc1cc(/C=C2/SC(=S)N(c3ccc(Cl)cc3)C2=O)ccc1OC(F)F. The predicted molar refractivity (Wildman–Crippen MR) is 111 cm³/mol. The van der Waals surface area contributed by atoms with Crippen molar-refractivity contribution in [1.82, 2.24) is 0 Å². The molecule has 1 aliphatic heterocycles. The molecule has 0 atom stereocenters. The van der Waals surface area contributed by atoms with Crippen LogP contribution in [0.3, 0.4) is 0 Å². The Morgan fingerprint density at radius 3 is 2.57 bits per heavy atom. The molecule has 0 spiro atoms. The lowest BCUT2D eigenvalue weighted by atomic mass is 10.2. The van der Waals surface area contributed by atoms with E-state index in [1.807, 2.05) is 0 Å². The Morgan fingerprint density at radius 2 is 1.93 bits per heavy atom. The average Bonchev–Trinajstić information content (AvgIpc) is 2.91. The van der Waals surface area contributed by atoms with Crippen molar-refractivity contribution in [2.24, 2.45) is 0 Å². The van der Waals surface area contributed by atoms with Crippen molar-refractivity contribution in [3.63, 3.8) is 0 Å². The molecule has 2 aromatic rings. The standard InChI is InChI=1S/C19H14ClF2NO3S2/c1-2-25-15-9-11(3-8-14(15)26-18(21)22)10-16-17(24)23(19(27)28-16)13-6-4-12(20)5-7-13/h3-10,18H,2H2,1H3/b16-10+. The maximum atomic E-state index is 12.8. The van der Waals surface area contributed by atoms with Gasteiger partial charge >= 0.3 is 6.61 Å². The Labute approximate surface area is 175 Å². The third kappa shape index (κ3) is 4.63. The Bertz CT molecular complexity index is 935. The van der Waals surface area contributed by atoms with Gasteiger partial charge in [0.15, 0.2) is 15.8 Å². The Kier molecular flexibility index (Phi) is 6.53. The Hall–Kier alpha value is -2.16. The fourth-order valence-corrected chi connectivity index (χ4v) is 3.93. The lowest BCUT2D eigenvalue weighted by Gasteiger charge is -2.14. The van der Waals surface area contributed by atoms with Crippen molar-refractivity contribution in [3.05, 3.63) is 58.0 Å². The minimum absolute atomic E-state index is 0.0669. The number of ether oxygens (including phenoxy) is 2. The Morgan fingerprint density at radius 1 is 1.21 bits per heavy atom. The molecule has 0 saturated carbocycles. The van der Waals surface area contributed by atoms with Crippen molar-refractivity contribution in [1.29, 1.82) is 0 Å². The molecule has 146 valence electrons. The lowest BCUT2D eigenvalue weighted by molar-refractivity contribution is -0.113. The van der Waals surface area contributed by atoms with E-state index in [9.17, 15) is 13.6 Å². The molecule has 4 nitrogen and oxygen atoms in total. The third-order valence-electron chi connectivity index (χ3n) is 3.66. The monoisotopic (exact) mass is 441 g/mol. The number of hydrogen-bond donors (Lipinski definition) is 0. The van der Waals surface area contributed by atoms with Gasteiger partial charge in [-0.25, -0.2) is 0 Å². The van der Waals surface area contributed by atoms with Gasteiger partial charge in [0.05, 0.1) is 17.2 Å². The largest absolute Gasteiger partial charge is 0.490 e. The van der Waals surface area contributed by atoms with Crippen LogP contribution in [0.15, 0.2) is 47.4 Å². The summed E-state index contributed by atoms with van der Waals surface area (Å²) >= 11 is 12.4. The number of thiocarbonyl (C=S) groups is 1. The minimum atomic E-state index is -2.96. The fraction of sp³-hybridized carbons (Fsp3) is 0.158. The van der Waals surface area contributed by atoms with Gasteiger partial charge in [0.2, 0.25) is 0 Å². The van der Waals surface area contributed by atoms with Gasteiger partial charge in [-0.1, -0.05) is 41.6 Å². The van der Waals surface area contributed by atoms with E-state index in [-0.39, 0.29) is 24.0 Å². The summed E-state index contributed by atoms with van der Waals surface area (Å²) in [7, 11) is 0. The molecule has 1 amide bonds. The summed E-state index contributed by atoms with van der Waals surface area (Å²) in [6.07, 6.45) is 1.63. The highest BCUT2D eigenvalue weighted by molar-refractivity contribution is 8.27. The number of carbonyl (C=O) groups excluding carboxylic acids is 1. The maximum absolute atomic E-state index is 12.8. The van der Waals surface area contributed by atoms with Crippen molar-refractivity contribution in [2.45, 2.75) is 13.5 Å². The summed E-state index contributed by atoms with van der Waals surface area (Å²) in [5.74, 6) is -0.171. The second kappa shape index (κ2) is 8.89. The van der Waals surface area contributed by atoms with Gasteiger partial charge < -0.3 is 9.47 Å². The molecule has 1 saturated heterocycles. The number of thioether (sulfide) groups is 1. The van der Waals surface area contributed by atoms with Crippen LogP contribution in [0.2, 0.25) is 5.02 Å². The number of rotatable bonds is 6. The number of hydrogen-bond acceptors (Lipinski definition) is 5. The number of amides is 1. The molecule has 9 heteroatoms. The molecule has 0 unspecified atom stereocenters. The molecule has 1 fully saturated rings. The van der Waals surface area contributed by atoms with Crippen LogP contribution in [0.4, 0.5) is 14.5 Å². The van der Waals surface area contributed by atoms with Crippen molar-refractivity contribution in [3.8, 4) is 11.5 Å². The third-order valence-corrected chi connectivity index (χ3v) is 5.21. The molecular formula is C19H14ClF2NO3S2. The maximum Gasteiger partial charge on any atom is 0.387 e. The molecule has 1 heterocycles. The average molecular weight is 442 g/mol. The summed E-state index contributed by atoms with van der Waals surface area (Å²) in [5, 5.41) is 0.555.